The first-order valence-corrected chi connectivity index (χ1v) is 7.74. The molecule has 0 heterocycles. The molecule has 0 saturated carbocycles. The van der Waals surface area contributed by atoms with Gasteiger partial charge >= 0.3 is 0 Å². The van der Waals surface area contributed by atoms with E-state index in [4.69, 9.17) is 18.0 Å². The molecule has 0 unspecified atom stereocenters. The average molecular weight is 292 g/mol. The molecule has 4 heteroatoms. The van der Waals surface area contributed by atoms with E-state index in [0.29, 0.717) is 10.6 Å². The van der Waals surface area contributed by atoms with Crippen LogP contribution in [0.5, 0.6) is 0 Å². The first-order chi connectivity index (χ1) is 9.65. The number of amides is 1. The van der Waals surface area contributed by atoms with Crippen LogP contribution in [0.25, 0.3) is 0 Å². The van der Waals surface area contributed by atoms with Gasteiger partial charge in [0.05, 0.1) is 0 Å². The Kier molecular flexibility index (Phi) is 7.88. The van der Waals surface area contributed by atoms with Gasteiger partial charge in [0.25, 0.3) is 5.91 Å². The van der Waals surface area contributed by atoms with E-state index in [9.17, 15) is 4.79 Å². The molecule has 0 aliphatic heterocycles. The smallest absolute Gasteiger partial charge is 0.251 e. The monoisotopic (exact) mass is 292 g/mol. The standard InChI is InChI=1S/C16H24N2OS/c1-2-3-4-5-6-7-12-18-16(19)14-10-8-13(9-11-14)15(17)20/h8-11H,2-7,12H2,1H3,(H2,17,20)(H,18,19). The van der Waals surface area contributed by atoms with E-state index in [1.807, 2.05) is 0 Å². The van der Waals surface area contributed by atoms with Crippen LogP contribution in [0.4, 0.5) is 0 Å². The van der Waals surface area contributed by atoms with Crippen molar-refractivity contribution in [2.45, 2.75) is 45.4 Å². The summed E-state index contributed by atoms with van der Waals surface area (Å²) < 4.78 is 0. The number of carbonyl (C=O) groups is 1. The highest BCUT2D eigenvalue weighted by Crippen LogP contribution is 2.06. The van der Waals surface area contributed by atoms with Crippen molar-refractivity contribution in [3.63, 3.8) is 0 Å². The first kappa shape index (κ1) is 16.6. The van der Waals surface area contributed by atoms with Crippen molar-refractivity contribution >= 4 is 23.1 Å². The van der Waals surface area contributed by atoms with Gasteiger partial charge < -0.3 is 11.1 Å². The fourth-order valence-corrected chi connectivity index (χ4v) is 2.13. The minimum absolute atomic E-state index is 0.0342. The van der Waals surface area contributed by atoms with E-state index in [0.717, 1.165) is 18.5 Å². The van der Waals surface area contributed by atoms with Gasteiger partial charge in [-0.25, -0.2) is 0 Å². The molecule has 0 spiro atoms. The lowest BCUT2D eigenvalue weighted by atomic mass is 10.1. The molecule has 0 aliphatic rings. The van der Waals surface area contributed by atoms with Gasteiger partial charge in [0.1, 0.15) is 4.99 Å². The molecule has 1 aromatic carbocycles. The molecule has 1 amide bonds. The Balaban J connectivity index is 2.24. The predicted molar refractivity (Wildman–Crippen MR) is 88.0 cm³/mol. The zero-order chi connectivity index (χ0) is 14.8. The maximum atomic E-state index is 11.9. The first-order valence-electron chi connectivity index (χ1n) is 7.33. The second-order valence-corrected chi connectivity index (χ2v) is 5.41. The van der Waals surface area contributed by atoms with Crippen LogP contribution in [0.1, 0.15) is 61.4 Å². The van der Waals surface area contributed by atoms with Crippen molar-refractivity contribution < 1.29 is 4.79 Å². The number of benzene rings is 1. The van der Waals surface area contributed by atoms with Gasteiger partial charge in [0.15, 0.2) is 0 Å². The Hall–Kier alpha value is -1.42. The minimum atomic E-state index is -0.0342. The number of nitrogens with one attached hydrogen (secondary N) is 1. The number of carbonyl (C=O) groups excluding carboxylic acids is 1. The van der Waals surface area contributed by atoms with Crippen molar-refractivity contribution in [1.29, 1.82) is 0 Å². The number of hydrogen-bond donors (Lipinski definition) is 2. The summed E-state index contributed by atoms with van der Waals surface area (Å²) in [5.41, 5.74) is 6.95. The molecule has 0 aromatic heterocycles. The normalized spacial score (nSPS) is 10.2. The predicted octanol–water partition coefficient (Wildman–Crippen LogP) is 3.41. The van der Waals surface area contributed by atoms with Gasteiger partial charge in [0.2, 0.25) is 0 Å². The van der Waals surface area contributed by atoms with Crippen LogP contribution < -0.4 is 11.1 Å². The zero-order valence-electron chi connectivity index (χ0n) is 12.2. The summed E-state index contributed by atoms with van der Waals surface area (Å²) in [5.74, 6) is -0.0342. The molecule has 0 atom stereocenters. The largest absolute Gasteiger partial charge is 0.389 e. The van der Waals surface area contributed by atoms with Gasteiger partial charge in [-0.3, -0.25) is 4.79 Å². The Morgan fingerprint density at radius 1 is 1.05 bits per heavy atom. The molecule has 0 saturated heterocycles. The molecule has 0 fully saturated rings. The zero-order valence-corrected chi connectivity index (χ0v) is 13.0. The van der Waals surface area contributed by atoms with Crippen LogP contribution in [0.3, 0.4) is 0 Å². The third-order valence-electron chi connectivity index (χ3n) is 3.25. The lowest BCUT2D eigenvalue weighted by molar-refractivity contribution is 0.0953. The van der Waals surface area contributed by atoms with Crippen molar-refractivity contribution in [1.82, 2.24) is 5.32 Å². The number of rotatable bonds is 9. The molecule has 1 rings (SSSR count). The summed E-state index contributed by atoms with van der Waals surface area (Å²) in [6, 6.07) is 7.07. The number of nitrogens with two attached hydrogens (primary N) is 1. The summed E-state index contributed by atoms with van der Waals surface area (Å²) in [7, 11) is 0. The van der Waals surface area contributed by atoms with Crippen LogP contribution in [0, 0.1) is 0 Å². The maximum absolute atomic E-state index is 11.9. The molecular formula is C16H24N2OS. The molecule has 0 radical (unpaired) electrons. The van der Waals surface area contributed by atoms with E-state index in [-0.39, 0.29) is 5.91 Å². The second-order valence-electron chi connectivity index (χ2n) is 4.97. The number of thiocarbonyl (C=S) groups is 1. The molecule has 3 N–H and O–H groups in total. The van der Waals surface area contributed by atoms with Crippen molar-refractivity contribution in [2.75, 3.05) is 6.54 Å². The van der Waals surface area contributed by atoms with Gasteiger partial charge in [-0.15, -0.1) is 0 Å². The summed E-state index contributed by atoms with van der Waals surface area (Å²) in [4.78, 5) is 12.2. The lowest BCUT2D eigenvalue weighted by Gasteiger charge is -2.06. The van der Waals surface area contributed by atoms with Crippen molar-refractivity contribution in [2.24, 2.45) is 5.73 Å². The van der Waals surface area contributed by atoms with E-state index in [1.54, 1.807) is 24.3 Å². The van der Waals surface area contributed by atoms with Crippen LogP contribution in [-0.2, 0) is 0 Å². The Morgan fingerprint density at radius 3 is 2.20 bits per heavy atom. The molecule has 110 valence electrons. The van der Waals surface area contributed by atoms with Gasteiger partial charge in [-0.2, -0.15) is 0 Å². The Morgan fingerprint density at radius 2 is 1.60 bits per heavy atom. The summed E-state index contributed by atoms with van der Waals surface area (Å²) >= 11 is 4.88. The molecular weight excluding hydrogens is 268 g/mol. The van der Waals surface area contributed by atoms with Crippen LogP contribution in [-0.4, -0.2) is 17.4 Å². The topological polar surface area (TPSA) is 55.1 Å². The van der Waals surface area contributed by atoms with E-state index >= 15 is 0 Å². The molecule has 1 aromatic rings. The van der Waals surface area contributed by atoms with Gasteiger partial charge in [-0.05, 0) is 18.6 Å². The van der Waals surface area contributed by atoms with Crippen LogP contribution in [0.2, 0.25) is 0 Å². The highest BCUT2D eigenvalue weighted by Gasteiger charge is 2.05. The third kappa shape index (κ3) is 6.15. The quantitative estimate of drug-likeness (QED) is 0.542. The lowest BCUT2D eigenvalue weighted by Crippen LogP contribution is -2.24. The molecule has 0 aliphatic carbocycles. The summed E-state index contributed by atoms with van der Waals surface area (Å²) in [6.07, 6.45) is 7.35. The fraction of sp³-hybridized carbons (Fsp3) is 0.500. The average Bonchev–Trinajstić information content (AvgIpc) is 2.46. The van der Waals surface area contributed by atoms with E-state index in [2.05, 4.69) is 12.2 Å². The summed E-state index contributed by atoms with van der Waals surface area (Å²) in [6.45, 7) is 2.95. The van der Waals surface area contributed by atoms with Crippen molar-refractivity contribution in [3.8, 4) is 0 Å². The molecule has 20 heavy (non-hydrogen) atoms. The Labute approximate surface area is 126 Å². The maximum Gasteiger partial charge on any atom is 0.251 e. The highest BCUT2D eigenvalue weighted by atomic mass is 32.1. The van der Waals surface area contributed by atoms with Crippen molar-refractivity contribution in [3.05, 3.63) is 35.4 Å². The number of hydrogen-bond acceptors (Lipinski definition) is 2. The molecule has 3 nitrogen and oxygen atoms in total. The van der Waals surface area contributed by atoms with Crippen LogP contribution in [0.15, 0.2) is 24.3 Å². The summed E-state index contributed by atoms with van der Waals surface area (Å²) in [5, 5.41) is 2.94. The third-order valence-corrected chi connectivity index (χ3v) is 3.48. The van der Waals surface area contributed by atoms with E-state index in [1.165, 1.54) is 32.1 Å². The van der Waals surface area contributed by atoms with Gasteiger partial charge in [0, 0.05) is 17.7 Å². The Bertz CT molecular complexity index is 429. The number of unbranched alkanes of at least 4 members (excludes halogenated alkanes) is 5. The van der Waals surface area contributed by atoms with Crippen LogP contribution >= 0.6 is 12.2 Å². The fourth-order valence-electron chi connectivity index (χ4n) is 2.00. The minimum Gasteiger partial charge on any atom is -0.389 e. The molecule has 0 bridgehead atoms. The van der Waals surface area contributed by atoms with Gasteiger partial charge in [-0.1, -0.05) is 63.4 Å². The SMILES string of the molecule is CCCCCCCCNC(=O)c1ccc(C(N)=S)cc1. The van der Waals surface area contributed by atoms with E-state index < -0.39 is 0 Å². The highest BCUT2D eigenvalue weighted by molar-refractivity contribution is 7.80. The second kappa shape index (κ2) is 9.48.